The molecular formula is C13H21NO. The number of rotatable bonds is 3. The molecule has 0 aliphatic heterocycles. The molecular weight excluding hydrogens is 186 g/mol. The van der Waals surface area contributed by atoms with E-state index in [0.29, 0.717) is 0 Å². The molecule has 0 aromatic carbocycles. The van der Waals surface area contributed by atoms with Gasteiger partial charge >= 0.3 is 0 Å². The zero-order valence-corrected chi connectivity index (χ0v) is 9.79. The summed E-state index contributed by atoms with van der Waals surface area (Å²) in [6.45, 7) is 7.56. The van der Waals surface area contributed by atoms with Gasteiger partial charge in [-0.25, -0.2) is 0 Å². The van der Waals surface area contributed by atoms with Crippen molar-refractivity contribution < 1.29 is 5.11 Å². The number of nitriles is 1. The van der Waals surface area contributed by atoms with Gasteiger partial charge in [0.25, 0.3) is 0 Å². The van der Waals surface area contributed by atoms with Crippen LogP contribution in [0.25, 0.3) is 0 Å². The highest BCUT2D eigenvalue weighted by Crippen LogP contribution is 2.48. The van der Waals surface area contributed by atoms with E-state index in [9.17, 15) is 10.4 Å². The predicted octanol–water partition coefficient (Wildman–Crippen LogP) is 3.03. The second-order valence-electron chi connectivity index (χ2n) is 5.03. The minimum Gasteiger partial charge on any atom is -0.390 e. The van der Waals surface area contributed by atoms with Crippen molar-refractivity contribution in [1.29, 1.82) is 5.26 Å². The Hall–Kier alpha value is -0.810. The Labute approximate surface area is 92.6 Å². The molecule has 0 aromatic rings. The van der Waals surface area contributed by atoms with Crippen LogP contribution in [0.2, 0.25) is 0 Å². The number of nitrogens with zero attached hydrogens (tertiary/aromatic N) is 1. The molecule has 0 radical (unpaired) electrons. The summed E-state index contributed by atoms with van der Waals surface area (Å²) in [4.78, 5) is 0. The molecule has 1 N–H and O–H groups in total. The van der Waals surface area contributed by atoms with E-state index in [-0.39, 0.29) is 11.3 Å². The number of allylic oxidation sites excluding steroid dienone is 1. The van der Waals surface area contributed by atoms with Crippen molar-refractivity contribution in [3.63, 3.8) is 0 Å². The van der Waals surface area contributed by atoms with E-state index < -0.39 is 5.60 Å². The van der Waals surface area contributed by atoms with Gasteiger partial charge in [-0.2, -0.15) is 5.26 Å². The molecule has 0 saturated heterocycles. The number of aliphatic hydroxyl groups is 1. The Morgan fingerprint density at radius 3 is 2.80 bits per heavy atom. The average molecular weight is 207 g/mol. The second kappa shape index (κ2) is 4.37. The van der Waals surface area contributed by atoms with Gasteiger partial charge in [0.05, 0.1) is 17.1 Å². The molecule has 0 spiro atoms. The van der Waals surface area contributed by atoms with Crippen molar-refractivity contribution in [2.45, 2.75) is 51.6 Å². The van der Waals surface area contributed by atoms with Gasteiger partial charge in [0.1, 0.15) is 0 Å². The smallest absolute Gasteiger partial charge is 0.0693 e. The monoisotopic (exact) mass is 207 g/mol. The number of hydrogen-bond acceptors (Lipinski definition) is 2. The van der Waals surface area contributed by atoms with E-state index >= 15 is 0 Å². The van der Waals surface area contributed by atoms with Gasteiger partial charge in [-0.05, 0) is 39.0 Å². The molecule has 1 aliphatic carbocycles. The van der Waals surface area contributed by atoms with Crippen molar-refractivity contribution >= 4 is 0 Å². The molecule has 0 heterocycles. The Morgan fingerprint density at radius 2 is 2.27 bits per heavy atom. The molecule has 1 rings (SSSR count). The fourth-order valence-corrected chi connectivity index (χ4v) is 2.70. The Morgan fingerprint density at radius 1 is 1.60 bits per heavy atom. The summed E-state index contributed by atoms with van der Waals surface area (Å²) in [5, 5.41) is 19.6. The molecule has 1 saturated carbocycles. The molecule has 84 valence electrons. The summed E-state index contributed by atoms with van der Waals surface area (Å²) in [7, 11) is 0. The lowest BCUT2D eigenvalue weighted by Crippen LogP contribution is -2.47. The lowest BCUT2D eigenvalue weighted by atomic mass is 9.60. The minimum absolute atomic E-state index is 0.0451. The van der Waals surface area contributed by atoms with Crippen LogP contribution in [0.4, 0.5) is 0 Å². The maximum Gasteiger partial charge on any atom is 0.0693 e. The van der Waals surface area contributed by atoms with Gasteiger partial charge in [-0.1, -0.05) is 13.0 Å². The fourth-order valence-electron chi connectivity index (χ4n) is 2.70. The van der Waals surface area contributed by atoms with Crippen LogP contribution in [0.3, 0.4) is 0 Å². The Kier molecular flexibility index (Phi) is 3.57. The van der Waals surface area contributed by atoms with Gasteiger partial charge in [-0.15, -0.1) is 6.58 Å². The summed E-state index contributed by atoms with van der Waals surface area (Å²) >= 11 is 0. The van der Waals surface area contributed by atoms with E-state index in [2.05, 4.69) is 12.6 Å². The molecule has 1 fully saturated rings. The van der Waals surface area contributed by atoms with E-state index in [1.54, 1.807) is 0 Å². The third kappa shape index (κ3) is 2.23. The minimum atomic E-state index is -0.685. The van der Waals surface area contributed by atoms with E-state index in [1.165, 1.54) is 0 Å². The van der Waals surface area contributed by atoms with Crippen LogP contribution >= 0.6 is 0 Å². The topological polar surface area (TPSA) is 44.0 Å². The average Bonchev–Trinajstić information content (AvgIpc) is 2.21. The van der Waals surface area contributed by atoms with E-state index in [4.69, 9.17) is 0 Å². The summed E-state index contributed by atoms with van der Waals surface area (Å²) in [5.74, 6) is 0.0451. The first-order valence-corrected chi connectivity index (χ1v) is 5.73. The van der Waals surface area contributed by atoms with Crippen molar-refractivity contribution in [1.82, 2.24) is 0 Å². The first-order chi connectivity index (χ1) is 6.98. The van der Waals surface area contributed by atoms with E-state index in [0.717, 1.165) is 32.1 Å². The summed E-state index contributed by atoms with van der Waals surface area (Å²) < 4.78 is 0. The molecule has 0 unspecified atom stereocenters. The third-order valence-electron chi connectivity index (χ3n) is 4.08. The first kappa shape index (κ1) is 12.3. The predicted molar refractivity (Wildman–Crippen MR) is 61.1 cm³/mol. The molecule has 2 nitrogen and oxygen atoms in total. The number of hydrogen-bond donors (Lipinski definition) is 1. The highest BCUT2D eigenvalue weighted by molar-refractivity contribution is 5.09. The maximum atomic E-state index is 10.2. The van der Waals surface area contributed by atoms with Crippen molar-refractivity contribution in [2.24, 2.45) is 11.3 Å². The maximum absolute atomic E-state index is 10.2. The zero-order valence-electron chi connectivity index (χ0n) is 9.79. The van der Waals surface area contributed by atoms with Crippen LogP contribution in [0.5, 0.6) is 0 Å². The Bertz CT molecular complexity index is 277. The normalized spacial score (nSPS) is 40.8. The second-order valence-corrected chi connectivity index (χ2v) is 5.03. The van der Waals surface area contributed by atoms with Crippen LogP contribution in [-0.2, 0) is 0 Å². The molecule has 0 aromatic heterocycles. The van der Waals surface area contributed by atoms with Gasteiger partial charge in [0, 0.05) is 5.92 Å². The Balaban J connectivity index is 2.88. The van der Waals surface area contributed by atoms with Gasteiger partial charge in [0.15, 0.2) is 0 Å². The van der Waals surface area contributed by atoms with Crippen molar-refractivity contribution in [2.75, 3.05) is 0 Å². The van der Waals surface area contributed by atoms with Crippen molar-refractivity contribution in [3.8, 4) is 6.07 Å². The highest BCUT2D eigenvalue weighted by atomic mass is 16.3. The molecule has 1 aliphatic rings. The van der Waals surface area contributed by atoms with Crippen LogP contribution in [-0.4, -0.2) is 10.7 Å². The van der Waals surface area contributed by atoms with Crippen LogP contribution in [0.1, 0.15) is 46.0 Å². The van der Waals surface area contributed by atoms with Gasteiger partial charge < -0.3 is 5.11 Å². The molecule has 2 heteroatoms. The summed E-state index contributed by atoms with van der Waals surface area (Å²) in [5.41, 5.74) is -1.04. The SMILES string of the molecule is C=CCC[C@@]1(C#N)CCC[C@](C)(O)[C@@H]1C. The molecule has 0 amide bonds. The fraction of sp³-hybridized carbons (Fsp3) is 0.769. The van der Waals surface area contributed by atoms with Crippen LogP contribution in [0, 0.1) is 22.7 Å². The first-order valence-electron chi connectivity index (χ1n) is 5.73. The van der Waals surface area contributed by atoms with Gasteiger partial charge in [0.2, 0.25) is 0 Å². The molecule has 15 heavy (non-hydrogen) atoms. The van der Waals surface area contributed by atoms with E-state index in [1.807, 2.05) is 19.9 Å². The van der Waals surface area contributed by atoms with Crippen molar-refractivity contribution in [3.05, 3.63) is 12.7 Å². The summed E-state index contributed by atoms with van der Waals surface area (Å²) in [6.07, 6.45) is 6.20. The van der Waals surface area contributed by atoms with Crippen LogP contribution in [0.15, 0.2) is 12.7 Å². The lowest BCUT2D eigenvalue weighted by molar-refractivity contribution is -0.0753. The molecule has 3 atom stereocenters. The molecule has 0 bridgehead atoms. The lowest BCUT2D eigenvalue weighted by Gasteiger charge is -2.46. The van der Waals surface area contributed by atoms with Crippen LogP contribution < -0.4 is 0 Å². The van der Waals surface area contributed by atoms with Gasteiger partial charge in [-0.3, -0.25) is 0 Å². The highest BCUT2D eigenvalue weighted by Gasteiger charge is 2.48. The quantitative estimate of drug-likeness (QED) is 0.723. The third-order valence-corrected chi connectivity index (χ3v) is 4.08. The zero-order chi connectivity index (χ0) is 11.5. The standard InChI is InChI=1S/C13H21NO/c1-4-5-8-13(10-14)9-6-7-12(3,15)11(13)2/h4,11,15H,1,5-9H2,2-3H3/t11-,12-,13-/m0/s1. The largest absolute Gasteiger partial charge is 0.390 e. The summed E-state index contributed by atoms with van der Waals surface area (Å²) in [6, 6.07) is 2.45.